The predicted molar refractivity (Wildman–Crippen MR) is 113 cm³/mol. The number of rotatable bonds is 6. The van der Waals surface area contributed by atoms with E-state index in [4.69, 9.17) is 9.47 Å². The number of aromatic nitrogens is 2. The van der Waals surface area contributed by atoms with E-state index in [-0.39, 0.29) is 17.9 Å². The maximum absolute atomic E-state index is 12.9. The Morgan fingerprint density at radius 2 is 1.87 bits per heavy atom. The van der Waals surface area contributed by atoms with E-state index in [9.17, 15) is 9.59 Å². The molecule has 1 aromatic carbocycles. The van der Waals surface area contributed by atoms with Crippen LogP contribution in [0.5, 0.6) is 11.5 Å². The lowest BCUT2D eigenvalue weighted by Gasteiger charge is -2.33. The number of hydrogen-bond acceptors (Lipinski definition) is 5. The topological polar surface area (TPSA) is 85.7 Å². The molecule has 3 rings (SSSR count). The van der Waals surface area contributed by atoms with Crippen molar-refractivity contribution < 1.29 is 19.1 Å². The number of nitrogens with one attached hydrogen (secondary N) is 1. The minimum absolute atomic E-state index is 0.112. The lowest BCUT2D eigenvalue weighted by atomic mass is 10.0. The number of methoxy groups -OCH3 is 2. The quantitative estimate of drug-likeness (QED) is 0.785. The number of likely N-dealkylation sites (tertiary alicyclic amines) is 1. The Balaban J connectivity index is 1.72. The molecule has 2 aromatic rings. The van der Waals surface area contributed by atoms with Gasteiger partial charge in [0.15, 0.2) is 0 Å². The number of benzene rings is 1. The summed E-state index contributed by atoms with van der Waals surface area (Å²) in [7, 11) is 3.20. The third-order valence-corrected chi connectivity index (χ3v) is 5.74. The minimum Gasteiger partial charge on any atom is -0.497 e. The zero-order valence-electron chi connectivity index (χ0n) is 18.3. The SMILES string of the molecule is COc1ccc(OC)c(CNC(=O)c2nc(C)n(C3CCN(C(C)=O)CC3)c2C)c1. The van der Waals surface area contributed by atoms with Crippen LogP contribution in [-0.4, -0.2) is 53.6 Å². The van der Waals surface area contributed by atoms with Crippen molar-refractivity contribution in [2.75, 3.05) is 27.3 Å². The molecule has 30 heavy (non-hydrogen) atoms. The van der Waals surface area contributed by atoms with Crippen LogP contribution in [0.2, 0.25) is 0 Å². The number of imidazole rings is 1. The highest BCUT2D eigenvalue weighted by Crippen LogP contribution is 2.27. The van der Waals surface area contributed by atoms with E-state index < -0.39 is 0 Å². The van der Waals surface area contributed by atoms with Crippen molar-refractivity contribution in [2.24, 2.45) is 0 Å². The summed E-state index contributed by atoms with van der Waals surface area (Å²) in [6.45, 7) is 7.22. The molecular formula is C22H30N4O4. The molecule has 0 unspecified atom stereocenters. The number of nitrogens with zero attached hydrogens (tertiary/aromatic N) is 3. The number of carbonyl (C=O) groups is 2. The van der Waals surface area contributed by atoms with Gasteiger partial charge in [-0.2, -0.15) is 0 Å². The van der Waals surface area contributed by atoms with Gasteiger partial charge in [-0.25, -0.2) is 4.98 Å². The molecule has 1 aromatic heterocycles. The first-order valence-electron chi connectivity index (χ1n) is 10.2. The van der Waals surface area contributed by atoms with Gasteiger partial charge in [-0.3, -0.25) is 9.59 Å². The lowest BCUT2D eigenvalue weighted by molar-refractivity contribution is -0.130. The van der Waals surface area contributed by atoms with Crippen molar-refractivity contribution in [1.82, 2.24) is 19.8 Å². The number of aryl methyl sites for hydroxylation is 1. The first-order valence-corrected chi connectivity index (χ1v) is 10.2. The van der Waals surface area contributed by atoms with Crippen LogP contribution in [0.3, 0.4) is 0 Å². The van der Waals surface area contributed by atoms with Gasteiger partial charge in [0.2, 0.25) is 5.91 Å². The Bertz CT molecular complexity index is 929. The lowest BCUT2D eigenvalue weighted by Crippen LogP contribution is -2.38. The molecule has 0 aliphatic carbocycles. The summed E-state index contributed by atoms with van der Waals surface area (Å²) in [5, 5.41) is 2.94. The van der Waals surface area contributed by atoms with Crippen LogP contribution < -0.4 is 14.8 Å². The highest BCUT2D eigenvalue weighted by Gasteiger charge is 2.27. The van der Waals surface area contributed by atoms with E-state index in [0.29, 0.717) is 23.7 Å². The fraction of sp³-hybridized carbons (Fsp3) is 0.500. The van der Waals surface area contributed by atoms with Crippen molar-refractivity contribution in [3.05, 3.63) is 41.0 Å². The minimum atomic E-state index is -0.222. The van der Waals surface area contributed by atoms with Gasteiger partial charge in [0, 0.05) is 43.9 Å². The molecule has 1 N–H and O–H groups in total. The molecule has 2 amide bonds. The Labute approximate surface area is 177 Å². The normalized spacial score (nSPS) is 14.5. The van der Waals surface area contributed by atoms with Crippen LogP contribution in [0.15, 0.2) is 18.2 Å². The number of amides is 2. The van der Waals surface area contributed by atoms with Crippen LogP contribution in [0.25, 0.3) is 0 Å². The largest absolute Gasteiger partial charge is 0.497 e. The van der Waals surface area contributed by atoms with Gasteiger partial charge < -0.3 is 24.3 Å². The standard InChI is InChI=1S/C22H30N4O4/c1-14-21(22(28)23-13-17-12-19(29-4)6-7-20(17)30-5)24-15(2)26(14)18-8-10-25(11-9-18)16(3)27/h6-7,12,18H,8-11,13H2,1-5H3,(H,23,28). The van der Waals surface area contributed by atoms with Crippen LogP contribution in [0.4, 0.5) is 0 Å². The van der Waals surface area contributed by atoms with Crippen LogP contribution in [0.1, 0.15) is 53.4 Å². The third-order valence-electron chi connectivity index (χ3n) is 5.74. The molecule has 162 valence electrons. The average Bonchev–Trinajstić information content (AvgIpc) is 3.05. The Hall–Kier alpha value is -3.03. The van der Waals surface area contributed by atoms with Crippen molar-refractivity contribution in [3.63, 3.8) is 0 Å². The fourth-order valence-corrected chi connectivity index (χ4v) is 4.12. The summed E-state index contributed by atoms with van der Waals surface area (Å²) in [4.78, 5) is 30.9. The first kappa shape index (κ1) is 21.7. The molecule has 1 aliphatic rings. The third kappa shape index (κ3) is 4.42. The molecule has 0 saturated carbocycles. The van der Waals surface area contributed by atoms with E-state index in [1.54, 1.807) is 21.1 Å². The van der Waals surface area contributed by atoms with Crippen LogP contribution >= 0.6 is 0 Å². The predicted octanol–water partition coefficient (Wildman–Crippen LogP) is 2.63. The summed E-state index contributed by atoms with van der Waals surface area (Å²) in [5.74, 6) is 2.10. The van der Waals surface area contributed by atoms with Crippen LogP contribution in [-0.2, 0) is 11.3 Å². The maximum Gasteiger partial charge on any atom is 0.272 e. The molecule has 1 saturated heterocycles. The maximum atomic E-state index is 12.9. The van der Waals surface area contributed by atoms with Crippen molar-refractivity contribution in [2.45, 2.75) is 46.2 Å². The van der Waals surface area contributed by atoms with E-state index in [1.807, 2.05) is 36.9 Å². The zero-order valence-corrected chi connectivity index (χ0v) is 18.3. The van der Waals surface area contributed by atoms with Gasteiger partial charge in [0.25, 0.3) is 5.91 Å². The Morgan fingerprint density at radius 1 is 1.17 bits per heavy atom. The monoisotopic (exact) mass is 414 g/mol. The second-order valence-electron chi connectivity index (χ2n) is 7.56. The van der Waals surface area contributed by atoms with Gasteiger partial charge in [-0.1, -0.05) is 0 Å². The summed E-state index contributed by atoms with van der Waals surface area (Å²) in [5.41, 5.74) is 2.11. The highest BCUT2D eigenvalue weighted by molar-refractivity contribution is 5.93. The summed E-state index contributed by atoms with van der Waals surface area (Å²) >= 11 is 0. The van der Waals surface area contributed by atoms with E-state index in [0.717, 1.165) is 43.0 Å². The molecule has 0 atom stereocenters. The van der Waals surface area contributed by atoms with Gasteiger partial charge in [0.1, 0.15) is 23.0 Å². The van der Waals surface area contributed by atoms with Gasteiger partial charge in [-0.15, -0.1) is 0 Å². The number of carbonyl (C=O) groups excluding carboxylic acids is 2. The highest BCUT2D eigenvalue weighted by atomic mass is 16.5. The summed E-state index contributed by atoms with van der Waals surface area (Å²) in [6, 6.07) is 5.72. The van der Waals surface area contributed by atoms with E-state index in [2.05, 4.69) is 14.9 Å². The van der Waals surface area contributed by atoms with E-state index >= 15 is 0 Å². The van der Waals surface area contributed by atoms with E-state index in [1.165, 1.54) is 0 Å². The number of hydrogen-bond donors (Lipinski definition) is 1. The number of ether oxygens (including phenoxy) is 2. The van der Waals surface area contributed by atoms with Crippen LogP contribution in [0, 0.1) is 13.8 Å². The summed E-state index contributed by atoms with van der Waals surface area (Å²) < 4.78 is 12.8. The smallest absolute Gasteiger partial charge is 0.272 e. The fourth-order valence-electron chi connectivity index (χ4n) is 4.12. The van der Waals surface area contributed by atoms with Crippen molar-refractivity contribution in [1.29, 1.82) is 0 Å². The van der Waals surface area contributed by atoms with Crippen molar-refractivity contribution in [3.8, 4) is 11.5 Å². The van der Waals surface area contributed by atoms with Gasteiger partial charge in [0.05, 0.1) is 14.2 Å². The molecule has 2 heterocycles. The Morgan fingerprint density at radius 3 is 2.47 bits per heavy atom. The first-order chi connectivity index (χ1) is 14.3. The summed E-state index contributed by atoms with van der Waals surface area (Å²) in [6.07, 6.45) is 1.72. The Kier molecular flexibility index (Phi) is 6.64. The zero-order chi connectivity index (χ0) is 21.8. The molecule has 8 nitrogen and oxygen atoms in total. The molecule has 0 bridgehead atoms. The van der Waals surface area contributed by atoms with Gasteiger partial charge in [-0.05, 0) is 44.9 Å². The molecule has 0 spiro atoms. The average molecular weight is 415 g/mol. The molecule has 1 aliphatic heterocycles. The number of piperidine rings is 1. The second kappa shape index (κ2) is 9.19. The second-order valence-corrected chi connectivity index (χ2v) is 7.56. The molecule has 1 fully saturated rings. The van der Waals surface area contributed by atoms with Crippen molar-refractivity contribution >= 4 is 11.8 Å². The van der Waals surface area contributed by atoms with Gasteiger partial charge >= 0.3 is 0 Å². The molecule has 0 radical (unpaired) electrons. The molecular weight excluding hydrogens is 384 g/mol. The molecule has 8 heteroatoms.